The summed E-state index contributed by atoms with van der Waals surface area (Å²) in [5, 5.41) is -0.590. The smallest absolute Gasteiger partial charge is 0.379 e. The van der Waals surface area contributed by atoms with Gasteiger partial charge in [-0.3, -0.25) is 0 Å². The molecule has 0 unspecified atom stereocenters. The Morgan fingerprint density at radius 1 is 1.40 bits per heavy atom. The molecular formula is C4H6F3NOS. The van der Waals surface area contributed by atoms with Crippen LogP contribution in [0.25, 0.3) is 0 Å². The molecule has 0 aromatic heterocycles. The molecule has 0 bridgehead atoms. The zero-order valence-electron chi connectivity index (χ0n) is 5.40. The van der Waals surface area contributed by atoms with Gasteiger partial charge in [-0.1, -0.05) is 0 Å². The lowest BCUT2D eigenvalue weighted by Crippen LogP contribution is -2.28. The Labute approximate surface area is 61.6 Å². The molecule has 2 nitrogen and oxygen atoms in total. The minimum atomic E-state index is -4.68. The van der Waals surface area contributed by atoms with Crippen LogP contribution in [-0.4, -0.2) is 30.5 Å². The third kappa shape index (κ3) is 4.37. The van der Waals surface area contributed by atoms with Gasteiger partial charge in [0.1, 0.15) is 0 Å². The fourth-order valence-electron chi connectivity index (χ4n) is 0.190. The summed E-state index contributed by atoms with van der Waals surface area (Å²) in [4.78, 5) is 1.06. The molecule has 60 valence electrons. The fraction of sp³-hybridized carbons (Fsp3) is 0.750. The number of halogens is 3. The Bertz CT molecular complexity index is 133. The van der Waals surface area contributed by atoms with Gasteiger partial charge < -0.3 is 9.64 Å². The van der Waals surface area contributed by atoms with Gasteiger partial charge in [0, 0.05) is 14.1 Å². The first-order valence-electron chi connectivity index (χ1n) is 2.30. The molecule has 0 saturated heterocycles. The highest BCUT2D eigenvalue weighted by Crippen LogP contribution is 2.16. The number of hydrogen-bond acceptors (Lipinski definition) is 2. The highest BCUT2D eigenvalue weighted by Gasteiger charge is 2.32. The summed E-state index contributed by atoms with van der Waals surface area (Å²) in [5.74, 6) is 0. The van der Waals surface area contributed by atoms with Crippen LogP contribution in [-0.2, 0) is 4.74 Å². The lowest BCUT2D eigenvalue weighted by molar-refractivity contribution is -0.285. The van der Waals surface area contributed by atoms with Crippen molar-refractivity contribution in [3.63, 3.8) is 0 Å². The van der Waals surface area contributed by atoms with Crippen LogP contribution in [0.4, 0.5) is 13.2 Å². The molecule has 0 atom stereocenters. The van der Waals surface area contributed by atoms with Gasteiger partial charge in [-0.25, -0.2) is 0 Å². The van der Waals surface area contributed by atoms with E-state index in [4.69, 9.17) is 0 Å². The largest absolute Gasteiger partial charge is 0.574 e. The first kappa shape index (κ1) is 9.48. The van der Waals surface area contributed by atoms with Crippen molar-refractivity contribution in [1.82, 2.24) is 4.90 Å². The number of hydrogen-bond donors (Lipinski definition) is 0. The van der Waals surface area contributed by atoms with Gasteiger partial charge in [0.05, 0.1) is 0 Å². The highest BCUT2D eigenvalue weighted by molar-refractivity contribution is 7.80. The molecule has 0 aliphatic carbocycles. The van der Waals surface area contributed by atoms with Crippen molar-refractivity contribution in [3.8, 4) is 0 Å². The number of ether oxygens (including phenoxy) is 1. The van der Waals surface area contributed by atoms with E-state index < -0.39 is 11.5 Å². The monoisotopic (exact) mass is 173 g/mol. The molecule has 0 spiro atoms. The number of rotatable bonds is 0. The lowest BCUT2D eigenvalue weighted by Gasteiger charge is -2.15. The van der Waals surface area contributed by atoms with Crippen LogP contribution in [0.5, 0.6) is 0 Å². The Kier molecular flexibility index (Phi) is 2.89. The van der Waals surface area contributed by atoms with Crippen molar-refractivity contribution in [1.29, 1.82) is 0 Å². The van der Waals surface area contributed by atoms with Crippen LogP contribution in [0.3, 0.4) is 0 Å². The van der Waals surface area contributed by atoms with E-state index in [2.05, 4.69) is 17.0 Å². The van der Waals surface area contributed by atoms with Crippen LogP contribution in [0.1, 0.15) is 0 Å². The van der Waals surface area contributed by atoms with Crippen LogP contribution in [0, 0.1) is 0 Å². The normalized spacial score (nSPS) is 10.9. The number of thiocarbonyl (C=S) groups is 1. The summed E-state index contributed by atoms with van der Waals surface area (Å²) in [6.07, 6.45) is -4.68. The van der Waals surface area contributed by atoms with E-state index in [1.54, 1.807) is 0 Å². The summed E-state index contributed by atoms with van der Waals surface area (Å²) in [5.41, 5.74) is 0. The van der Waals surface area contributed by atoms with Crippen LogP contribution in [0.2, 0.25) is 0 Å². The first-order chi connectivity index (χ1) is 4.33. The molecule has 0 rings (SSSR count). The van der Waals surface area contributed by atoms with Crippen LogP contribution >= 0.6 is 12.2 Å². The van der Waals surface area contributed by atoms with Crippen LogP contribution < -0.4 is 0 Å². The molecule has 0 aromatic rings. The topological polar surface area (TPSA) is 12.5 Å². The summed E-state index contributed by atoms with van der Waals surface area (Å²) in [7, 11) is 2.74. The molecule has 0 heterocycles. The Morgan fingerprint density at radius 2 is 1.80 bits per heavy atom. The molecule has 0 aliphatic heterocycles. The number of alkyl halides is 3. The van der Waals surface area contributed by atoms with Crippen molar-refractivity contribution in [3.05, 3.63) is 0 Å². The van der Waals surface area contributed by atoms with E-state index in [-0.39, 0.29) is 0 Å². The quantitative estimate of drug-likeness (QED) is 0.513. The predicted octanol–water partition coefficient (Wildman–Crippen LogP) is 1.37. The van der Waals surface area contributed by atoms with Crippen LogP contribution in [0.15, 0.2) is 0 Å². The minimum Gasteiger partial charge on any atom is -0.379 e. The van der Waals surface area contributed by atoms with E-state index in [1.807, 2.05) is 0 Å². The molecule has 0 N–H and O–H groups in total. The molecule has 10 heavy (non-hydrogen) atoms. The van der Waals surface area contributed by atoms with Crippen molar-refractivity contribution >= 4 is 17.4 Å². The molecule has 6 heteroatoms. The van der Waals surface area contributed by atoms with Gasteiger partial charge >= 0.3 is 6.36 Å². The van der Waals surface area contributed by atoms with Crippen molar-refractivity contribution in [2.24, 2.45) is 0 Å². The van der Waals surface area contributed by atoms with Crippen molar-refractivity contribution < 1.29 is 17.9 Å². The Hall–Kier alpha value is -0.520. The Balaban J connectivity index is 3.81. The van der Waals surface area contributed by atoms with Crippen molar-refractivity contribution in [2.45, 2.75) is 6.36 Å². The van der Waals surface area contributed by atoms with E-state index in [0.717, 1.165) is 4.90 Å². The maximum absolute atomic E-state index is 11.3. The zero-order chi connectivity index (χ0) is 8.36. The van der Waals surface area contributed by atoms with E-state index in [0.29, 0.717) is 0 Å². The first-order valence-corrected chi connectivity index (χ1v) is 2.71. The average Bonchev–Trinajstić information content (AvgIpc) is 1.60. The lowest BCUT2D eigenvalue weighted by atomic mass is 10.9. The molecule has 0 fully saturated rings. The van der Waals surface area contributed by atoms with Crippen molar-refractivity contribution in [2.75, 3.05) is 14.1 Å². The van der Waals surface area contributed by atoms with Gasteiger partial charge in [-0.05, 0) is 12.2 Å². The Morgan fingerprint density at radius 3 is 1.90 bits per heavy atom. The molecule has 0 amide bonds. The third-order valence-corrected chi connectivity index (χ3v) is 1.02. The third-order valence-electron chi connectivity index (χ3n) is 0.568. The summed E-state index contributed by atoms with van der Waals surface area (Å²) in [6, 6.07) is 0. The predicted molar refractivity (Wildman–Crippen MR) is 33.4 cm³/mol. The maximum atomic E-state index is 11.3. The fourth-order valence-corrected chi connectivity index (χ4v) is 0.285. The van der Waals surface area contributed by atoms with E-state index in [9.17, 15) is 13.2 Å². The van der Waals surface area contributed by atoms with Gasteiger partial charge in [-0.2, -0.15) is 0 Å². The van der Waals surface area contributed by atoms with Gasteiger partial charge in [-0.15, -0.1) is 13.2 Å². The minimum absolute atomic E-state index is 0.590. The zero-order valence-corrected chi connectivity index (χ0v) is 6.21. The molecule has 0 saturated carbocycles. The second kappa shape index (κ2) is 3.05. The average molecular weight is 173 g/mol. The van der Waals surface area contributed by atoms with E-state index >= 15 is 0 Å². The maximum Gasteiger partial charge on any atom is 0.574 e. The molecular weight excluding hydrogens is 167 g/mol. The molecule has 0 aliphatic rings. The standard InChI is InChI=1S/C4H6F3NOS/c1-8(2)3(10)9-4(5,6)7/h1-2H3. The SMILES string of the molecule is CN(C)C(=S)OC(F)(F)F. The summed E-state index contributed by atoms with van der Waals surface area (Å²) >= 11 is 4.21. The second-order valence-electron chi connectivity index (χ2n) is 1.71. The van der Waals surface area contributed by atoms with Gasteiger partial charge in [0.2, 0.25) is 0 Å². The van der Waals surface area contributed by atoms with Gasteiger partial charge in [0.25, 0.3) is 5.17 Å². The van der Waals surface area contributed by atoms with Gasteiger partial charge in [0.15, 0.2) is 0 Å². The molecule has 0 aromatic carbocycles. The molecule has 0 radical (unpaired) electrons. The second-order valence-corrected chi connectivity index (χ2v) is 2.06. The van der Waals surface area contributed by atoms with E-state index in [1.165, 1.54) is 14.1 Å². The highest BCUT2D eigenvalue weighted by atomic mass is 32.1. The number of nitrogens with zero attached hydrogens (tertiary/aromatic N) is 1. The summed E-state index contributed by atoms with van der Waals surface area (Å²) in [6.45, 7) is 0. The summed E-state index contributed by atoms with van der Waals surface area (Å²) < 4.78 is 37.3.